The number of nitrogens with two attached hydrogens (primary N) is 1. The predicted molar refractivity (Wildman–Crippen MR) is 81.9 cm³/mol. The van der Waals surface area contributed by atoms with E-state index in [-0.39, 0.29) is 12.5 Å². The number of hydrogen-bond acceptors (Lipinski definition) is 3. The number of amides is 1. The predicted octanol–water partition coefficient (Wildman–Crippen LogP) is 3.46. The molecule has 1 aromatic carbocycles. The van der Waals surface area contributed by atoms with Crippen LogP contribution in [0.1, 0.15) is 32.1 Å². The first-order valence-corrected chi connectivity index (χ1v) is 7.45. The Kier molecular flexibility index (Phi) is 5.68. The van der Waals surface area contributed by atoms with Gasteiger partial charge in [-0.05, 0) is 37.0 Å². The lowest BCUT2D eigenvalue weighted by atomic mass is 9.90. The molecule has 0 unspecified atom stereocenters. The third-order valence-electron chi connectivity index (χ3n) is 3.58. The van der Waals surface area contributed by atoms with E-state index in [4.69, 9.17) is 22.1 Å². The Morgan fingerprint density at radius 2 is 2.10 bits per heavy atom. The first kappa shape index (κ1) is 15.1. The Morgan fingerprint density at radius 3 is 2.80 bits per heavy atom. The number of carbonyl (C=O) groups is 1. The van der Waals surface area contributed by atoms with Crippen LogP contribution in [0.5, 0.6) is 0 Å². The van der Waals surface area contributed by atoms with Gasteiger partial charge < -0.3 is 15.8 Å². The number of hydrogen-bond donors (Lipinski definition) is 2. The number of ether oxygens (including phenoxy) is 1. The second kappa shape index (κ2) is 7.50. The van der Waals surface area contributed by atoms with Crippen LogP contribution in [0, 0.1) is 5.92 Å². The molecule has 0 heterocycles. The van der Waals surface area contributed by atoms with E-state index in [1.165, 1.54) is 32.1 Å². The van der Waals surface area contributed by atoms with Gasteiger partial charge in [-0.25, -0.2) is 0 Å². The molecule has 5 heteroatoms. The molecular formula is C15H21ClN2O2. The smallest absolute Gasteiger partial charge is 0.250 e. The van der Waals surface area contributed by atoms with Gasteiger partial charge in [0.05, 0.1) is 17.3 Å². The number of halogens is 1. The van der Waals surface area contributed by atoms with Gasteiger partial charge in [-0.1, -0.05) is 30.9 Å². The van der Waals surface area contributed by atoms with Crippen LogP contribution < -0.4 is 11.1 Å². The summed E-state index contributed by atoms with van der Waals surface area (Å²) in [6.07, 6.45) is 6.31. The second-order valence-corrected chi connectivity index (χ2v) is 5.71. The number of carbonyl (C=O) groups excluding carboxylic acids is 1. The van der Waals surface area contributed by atoms with Crippen LogP contribution in [0.15, 0.2) is 18.2 Å². The van der Waals surface area contributed by atoms with Gasteiger partial charge in [-0.15, -0.1) is 0 Å². The molecule has 110 valence electrons. The highest BCUT2D eigenvalue weighted by molar-refractivity contribution is 6.34. The lowest BCUT2D eigenvalue weighted by Crippen LogP contribution is -2.21. The average Bonchev–Trinajstić information content (AvgIpc) is 2.43. The minimum absolute atomic E-state index is 0.0667. The molecular weight excluding hydrogens is 276 g/mol. The zero-order valence-corrected chi connectivity index (χ0v) is 12.3. The summed E-state index contributed by atoms with van der Waals surface area (Å²) in [7, 11) is 0. The maximum atomic E-state index is 11.8. The monoisotopic (exact) mass is 296 g/mol. The summed E-state index contributed by atoms with van der Waals surface area (Å²) < 4.78 is 5.49. The molecule has 0 atom stereocenters. The van der Waals surface area contributed by atoms with Gasteiger partial charge in [0.25, 0.3) is 0 Å². The first-order chi connectivity index (χ1) is 9.65. The fourth-order valence-corrected chi connectivity index (χ4v) is 2.73. The number of rotatable bonds is 5. The molecule has 0 saturated heterocycles. The van der Waals surface area contributed by atoms with Gasteiger partial charge in [0.1, 0.15) is 6.61 Å². The molecule has 0 radical (unpaired) electrons. The molecule has 2 rings (SSSR count). The number of nitrogens with one attached hydrogen (secondary N) is 1. The zero-order valence-electron chi connectivity index (χ0n) is 11.5. The summed E-state index contributed by atoms with van der Waals surface area (Å²) in [5.41, 5.74) is 6.73. The molecule has 1 aromatic rings. The lowest BCUT2D eigenvalue weighted by Gasteiger charge is -2.21. The van der Waals surface area contributed by atoms with E-state index in [9.17, 15) is 4.79 Å². The van der Waals surface area contributed by atoms with Crippen molar-refractivity contribution in [2.45, 2.75) is 32.1 Å². The molecule has 0 aromatic heterocycles. The fourth-order valence-electron chi connectivity index (χ4n) is 2.49. The van der Waals surface area contributed by atoms with Crippen LogP contribution in [0.3, 0.4) is 0 Å². The van der Waals surface area contributed by atoms with Gasteiger partial charge in [0.2, 0.25) is 5.91 Å². The van der Waals surface area contributed by atoms with E-state index >= 15 is 0 Å². The Hall–Kier alpha value is -1.26. The highest BCUT2D eigenvalue weighted by Gasteiger charge is 2.14. The van der Waals surface area contributed by atoms with Gasteiger partial charge in [-0.3, -0.25) is 4.79 Å². The largest absolute Gasteiger partial charge is 0.399 e. The Balaban J connectivity index is 1.72. The van der Waals surface area contributed by atoms with E-state index < -0.39 is 0 Å². The van der Waals surface area contributed by atoms with Crippen molar-refractivity contribution >= 4 is 28.9 Å². The summed E-state index contributed by atoms with van der Waals surface area (Å²) in [6, 6.07) is 5.00. The van der Waals surface area contributed by atoms with Crippen LogP contribution >= 0.6 is 11.6 Å². The number of anilines is 2. The van der Waals surface area contributed by atoms with E-state index in [0.717, 1.165) is 0 Å². The van der Waals surface area contributed by atoms with Crippen molar-refractivity contribution in [3.8, 4) is 0 Å². The van der Waals surface area contributed by atoms with Crippen molar-refractivity contribution in [1.82, 2.24) is 0 Å². The van der Waals surface area contributed by atoms with Gasteiger partial charge >= 0.3 is 0 Å². The minimum Gasteiger partial charge on any atom is -0.399 e. The van der Waals surface area contributed by atoms with E-state index in [0.29, 0.717) is 28.9 Å². The normalized spacial score (nSPS) is 16.1. The van der Waals surface area contributed by atoms with Crippen molar-refractivity contribution in [2.75, 3.05) is 24.3 Å². The lowest BCUT2D eigenvalue weighted by molar-refractivity contribution is -0.121. The fraction of sp³-hybridized carbons (Fsp3) is 0.533. The van der Waals surface area contributed by atoms with Crippen molar-refractivity contribution in [3.05, 3.63) is 23.2 Å². The van der Waals surface area contributed by atoms with E-state index in [1.54, 1.807) is 18.2 Å². The van der Waals surface area contributed by atoms with Crippen LogP contribution in [0.4, 0.5) is 11.4 Å². The molecule has 3 N–H and O–H groups in total. The average molecular weight is 297 g/mol. The van der Waals surface area contributed by atoms with E-state index in [2.05, 4.69) is 5.32 Å². The Morgan fingerprint density at radius 1 is 1.35 bits per heavy atom. The maximum Gasteiger partial charge on any atom is 0.250 e. The molecule has 1 aliphatic rings. The molecule has 1 fully saturated rings. The van der Waals surface area contributed by atoms with Crippen LogP contribution in [0.25, 0.3) is 0 Å². The molecule has 1 saturated carbocycles. The summed E-state index contributed by atoms with van der Waals surface area (Å²) in [5.74, 6) is 0.421. The highest BCUT2D eigenvalue weighted by atomic mass is 35.5. The third kappa shape index (κ3) is 4.69. The molecule has 0 aliphatic heterocycles. The van der Waals surface area contributed by atoms with Gasteiger partial charge in [0.15, 0.2) is 0 Å². The van der Waals surface area contributed by atoms with Crippen LogP contribution in [-0.4, -0.2) is 19.1 Å². The van der Waals surface area contributed by atoms with Crippen molar-refractivity contribution in [3.63, 3.8) is 0 Å². The molecule has 0 bridgehead atoms. The SMILES string of the molecule is Nc1ccc(NC(=O)COCC2CCCCC2)c(Cl)c1. The standard InChI is InChI=1S/C15H21ClN2O2/c16-13-8-12(17)6-7-14(13)18-15(19)10-20-9-11-4-2-1-3-5-11/h6-8,11H,1-5,9-10,17H2,(H,18,19). The molecule has 1 aliphatic carbocycles. The number of benzene rings is 1. The highest BCUT2D eigenvalue weighted by Crippen LogP contribution is 2.25. The molecule has 4 nitrogen and oxygen atoms in total. The van der Waals surface area contributed by atoms with Crippen molar-refractivity contribution < 1.29 is 9.53 Å². The summed E-state index contributed by atoms with van der Waals surface area (Å²) in [4.78, 5) is 11.8. The summed E-state index contributed by atoms with van der Waals surface area (Å²) >= 11 is 5.99. The zero-order chi connectivity index (χ0) is 14.4. The minimum atomic E-state index is -0.188. The Bertz CT molecular complexity index is 459. The molecule has 1 amide bonds. The quantitative estimate of drug-likeness (QED) is 0.818. The first-order valence-electron chi connectivity index (χ1n) is 7.08. The van der Waals surface area contributed by atoms with Gasteiger partial charge in [0, 0.05) is 5.69 Å². The Labute approximate surface area is 124 Å². The second-order valence-electron chi connectivity index (χ2n) is 5.31. The molecule has 0 spiro atoms. The third-order valence-corrected chi connectivity index (χ3v) is 3.89. The van der Waals surface area contributed by atoms with Crippen LogP contribution in [-0.2, 0) is 9.53 Å². The van der Waals surface area contributed by atoms with Crippen LogP contribution in [0.2, 0.25) is 5.02 Å². The van der Waals surface area contributed by atoms with E-state index in [1.807, 2.05) is 0 Å². The summed E-state index contributed by atoms with van der Waals surface area (Å²) in [5, 5.41) is 3.16. The van der Waals surface area contributed by atoms with Crippen molar-refractivity contribution in [2.24, 2.45) is 5.92 Å². The number of nitrogen functional groups attached to an aromatic ring is 1. The van der Waals surface area contributed by atoms with Gasteiger partial charge in [-0.2, -0.15) is 0 Å². The summed E-state index contributed by atoms with van der Waals surface area (Å²) in [6.45, 7) is 0.736. The van der Waals surface area contributed by atoms with Crippen molar-refractivity contribution in [1.29, 1.82) is 0 Å². The molecule has 20 heavy (non-hydrogen) atoms. The topological polar surface area (TPSA) is 64.3 Å². The maximum absolute atomic E-state index is 11.8.